The Balaban J connectivity index is 3.10. The topological polar surface area (TPSA) is 63.5 Å². The van der Waals surface area contributed by atoms with Gasteiger partial charge in [0.15, 0.2) is 0 Å². The molecule has 18 heavy (non-hydrogen) atoms. The second-order valence-electron chi connectivity index (χ2n) is 4.01. The third-order valence-corrected chi connectivity index (χ3v) is 3.09. The Hall–Kier alpha value is -1.69. The molecule has 0 saturated carbocycles. The summed E-state index contributed by atoms with van der Waals surface area (Å²) < 4.78 is 0.202. The van der Waals surface area contributed by atoms with Gasteiger partial charge in [0.1, 0.15) is 4.47 Å². The lowest BCUT2D eigenvalue weighted by Gasteiger charge is -2.17. The highest BCUT2D eigenvalue weighted by Gasteiger charge is 2.21. The third kappa shape index (κ3) is 3.16. The van der Waals surface area contributed by atoms with Crippen molar-refractivity contribution in [3.05, 3.63) is 50.5 Å². The molecule has 0 aliphatic carbocycles. The van der Waals surface area contributed by atoms with Crippen molar-refractivity contribution in [2.75, 3.05) is 13.6 Å². The monoisotopic (exact) mass is 312 g/mol. The minimum Gasteiger partial charge on any atom is -0.338 e. The average Bonchev–Trinajstić information content (AvgIpc) is 2.27. The number of hydrogen-bond acceptors (Lipinski definition) is 3. The van der Waals surface area contributed by atoms with Crippen molar-refractivity contribution in [2.24, 2.45) is 0 Å². The number of rotatable bonds is 4. The molecule has 6 heteroatoms. The molecule has 0 aromatic heterocycles. The number of likely N-dealkylation sites (N-methyl/N-ethyl adjacent to an activating group) is 1. The first-order chi connectivity index (χ1) is 8.34. The number of carbonyl (C=O) groups excluding carboxylic acids is 1. The van der Waals surface area contributed by atoms with E-state index < -0.39 is 4.92 Å². The van der Waals surface area contributed by atoms with Crippen LogP contribution >= 0.6 is 15.9 Å². The SMILES string of the molecule is C=C(C)CN(C)C(=O)c1cccc([N+](=O)[O-])c1Br. The molecular weight excluding hydrogens is 300 g/mol. The van der Waals surface area contributed by atoms with Gasteiger partial charge in [0.05, 0.1) is 10.5 Å². The molecule has 1 rings (SSSR count). The first-order valence-corrected chi connectivity index (χ1v) is 5.96. The summed E-state index contributed by atoms with van der Waals surface area (Å²) >= 11 is 3.11. The molecule has 0 heterocycles. The number of nitro groups is 1. The van der Waals surface area contributed by atoms with E-state index >= 15 is 0 Å². The summed E-state index contributed by atoms with van der Waals surface area (Å²) in [4.78, 5) is 23.8. The van der Waals surface area contributed by atoms with Gasteiger partial charge in [-0.15, -0.1) is 0 Å². The highest BCUT2D eigenvalue weighted by molar-refractivity contribution is 9.10. The van der Waals surface area contributed by atoms with Crippen molar-refractivity contribution in [1.82, 2.24) is 4.90 Å². The fourth-order valence-electron chi connectivity index (χ4n) is 1.51. The summed E-state index contributed by atoms with van der Waals surface area (Å²) in [5.41, 5.74) is 0.991. The summed E-state index contributed by atoms with van der Waals surface area (Å²) in [7, 11) is 1.63. The highest BCUT2D eigenvalue weighted by Crippen LogP contribution is 2.28. The largest absolute Gasteiger partial charge is 0.338 e. The molecule has 5 nitrogen and oxygen atoms in total. The van der Waals surface area contributed by atoms with Crippen LogP contribution in [0.25, 0.3) is 0 Å². The van der Waals surface area contributed by atoms with E-state index in [9.17, 15) is 14.9 Å². The molecule has 1 aromatic rings. The minimum atomic E-state index is -0.528. The fourth-order valence-corrected chi connectivity index (χ4v) is 2.09. The predicted octanol–water partition coefficient (Wildman–Crippen LogP) is 3.01. The maximum Gasteiger partial charge on any atom is 0.284 e. The molecular formula is C12H13BrN2O3. The molecule has 0 N–H and O–H groups in total. The van der Waals surface area contributed by atoms with Crippen molar-refractivity contribution >= 4 is 27.5 Å². The second kappa shape index (κ2) is 5.77. The molecule has 0 unspecified atom stereocenters. The zero-order valence-corrected chi connectivity index (χ0v) is 11.7. The Kier molecular flexibility index (Phi) is 4.61. The molecule has 0 fully saturated rings. The molecule has 96 valence electrons. The van der Waals surface area contributed by atoms with E-state index in [2.05, 4.69) is 22.5 Å². The van der Waals surface area contributed by atoms with E-state index in [1.165, 1.54) is 17.0 Å². The van der Waals surface area contributed by atoms with E-state index in [1.54, 1.807) is 13.1 Å². The van der Waals surface area contributed by atoms with E-state index in [0.717, 1.165) is 5.57 Å². The van der Waals surface area contributed by atoms with E-state index in [1.807, 2.05) is 6.92 Å². The Morgan fingerprint density at radius 2 is 2.17 bits per heavy atom. The van der Waals surface area contributed by atoms with Gasteiger partial charge in [0.2, 0.25) is 0 Å². The summed E-state index contributed by atoms with van der Waals surface area (Å²) in [6, 6.07) is 4.39. The molecule has 0 saturated heterocycles. The standard InChI is InChI=1S/C12H13BrN2O3/c1-8(2)7-14(3)12(16)9-5-4-6-10(11(9)13)15(17)18/h4-6H,1,7H2,2-3H3. The Morgan fingerprint density at radius 3 is 2.67 bits per heavy atom. The van der Waals surface area contributed by atoms with Crippen molar-refractivity contribution in [3.63, 3.8) is 0 Å². The number of halogens is 1. The van der Waals surface area contributed by atoms with Crippen LogP contribution in [-0.2, 0) is 0 Å². The summed E-state index contributed by atoms with van der Waals surface area (Å²) in [5.74, 6) is -0.284. The molecule has 1 aromatic carbocycles. The zero-order chi connectivity index (χ0) is 13.9. The van der Waals surface area contributed by atoms with Gasteiger partial charge in [-0.3, -0.25) is 14.9 Å². The van der Waals surface area contributed by atoms with Crippen LogP contribution < -0.4 is 0 Å². The number of hydrogen-bond donors (Lipinski definition) is 0. The van der Waals surface area contributed by atoms with Gasteiger partial charge in [0, 0.05) is 19.7 Å². The molecule has 0 spiro atoms. The van der Waals surface area contributed by atoms with Crippen LogP contribution in [0.3, 0.4) is 0 Å². The maximum atomic E-state index is 12.1. The molecule has 1 amide bonds. The van der Waals surface area contributed by atoms with Crippen LogP contribution in [0.4, 0.5) is 5.69 Å². The molecule has 0 bridgehead atoms. The number of nitrogens with zero attached hydrogens (tertiary/aromatic N) is 2. The quantitative estimate of drug-likeness (QED) is 0.487. The Labute approximate surface area is 113 Å². The molecule has 0 radical (unpaired) electrons. The summed E-state index contributed by atoms with van der Waals surface area (Å²) in [6.45, 7) is 5.95. The van der Waals surface area contributed by atoms with Gasteiger partial charge in [-0.25, -0.2) is 0 Å². The Bertz CT molecular complexity index is 514. The van der Waals surface area contributed by atoms with Crippen LogP contribution in [0.2, 0.25) is 0 Å². The van der Waals surface area contributed by atoms with E-state index in [-0.39, 0.29) is 21.6 Å². The lowest BCUT2D eigenvalue weighted by Crippen LogP contribution is -2.28. The molecule has 0 aliphatic heterocycles. The van der Waals surface area contributed by atoms with Gasteiger partial charge in [-0.2, -0.15) is 0 Å². The van der Waals surface area contributed by atoms with Crippen LogP contribution in [0.1, 0.15) is 17.3 Å². The minimum absolute atomic E-state index is 0.121. The van der Waals surface area contributed by atoms with Crippen molar-refractivity contribution < 1.29 is 9.72 Å². The second-order valence-corrected chi connectivity index (χ2v) is 4.81. The lowest BCUT2D eigenvalue weighted by molar-refractivity contribution is -0.385. The lowest BCUT2D eigenvalue weighted by atomic mass is 10.1. The van der Waals surface area contributed by atoms with Gasteiger partial charge in [0.25, 0.3) is 11.6 Å². The van der Waals surface area contributed by atoms with Crippen LogP contribution in [0.5, 0.6) is 0 Å². The first-order valence-electron chi connectivity index (χ1n) is 5.17. The van der Waals surface area contributed by atoms with E-state index in [0.29, 0.717) is 6.54 Å². The number of carbonyl (C=O) groups is 1. The van der Waals surface area contributed by atoms with Gasteiger partial charge < -0.3 is 4.90 Å². The Morgan fingerprint density at radius 1 is 1.56 bits per heavy atom. The maximum absolute atomic E-state index is 12.1. The van der Waals surface area contributed by atoms with Gasteiger partial charge in [-0.1, -0.05) is 18.2 Å². The fraction of sp³-hybridized carbons (Fsp3) is 0.250. The third-order valence-electron chi connectivity index (χ3n) is 2.26. The molecule has 0 aliphatic rings. The smallest absolute Gasteiger partial charge is 0.284 e. The van der Waals surface area contributed by atoms with Crippen LogP contribution in [0, 0.1) is 10.1 Å². The zero-order valence-electron chi connectivity index (χ0n) is 10.1. The summed E-state index contributed by atoms with van der Waals surface area (Å²) in [5, 5.41) is 10.8. The van der Waals surface area contributed by atoms with Crippen LogP contribution in [0.15, 0.2) is 34.8 Å². The van der Waals surface area contributed by atoms with Crippen LogP contribution in [-0.4, -0.2) is 29.3 Å². The average molecular weight is 313 g/mol. The first kappa shape index (κ1) is 14.4. The highest BCUT2D eigenvalue weighted by atomic mass is 79.9. The van der Waals surface area contributed by atoms with Gasteiger partial charge in [-0.05, 0) is 28.9 Å². The molecule has 0 atom stereocenters. The predicted molar refractivity (Wildman–Crippen MR) is 72.6 cm³/mol. The normalized spacial score (nSPS) is 9.94. The number of benzene rings is 1. The number of amides is 1. The summed E-state index contributed by atoms with van der Waals surface area (Å²) in [6.07, 6.45) is 0. The number of nitro benzene ring substituents is 1. The van der Waals surface area contributed by atoms with E-state index in [4.69, 9.17) is 0 Å². The van der Waals surface area contributed by atoms with Crippen molar-refractivity contribution in [2.45, 2.75) is 6.92 Å². The van der Waals surface area contributed by atoms with Crippen molar-refractivity contribution in [3.8, 4) is 0 Å². The van der Waals surface area contributed by atoms with Crippen molar-refractivity contribution in [1.29, 1.82) is 0 Å². The van der Waals surface area contributed by atoms with Gasteiger partial charge >= 0.3 is 0 Å².